The van der Waals surface area contributed by atoms with Crippen LogP contribution in [0.3, 0.4) is 0 Å². The lowest BCUT2D eigenvalue weighted by atomic mass is 10.1. The first-order valence-corrected chi connectivity index (χ1v) is 9.25. The zero-order valence-electron chi connectivity index (χ0n) is 13.4. The molecular weight excluding hydrogens is 292 g/mol. The van der Waals surface area contributed by atoms with Crippen molar-refractivity contribution in [3.63, 3.8) is 0 Å². The van der Waals surface area contributed by atoms with Gasteiger partial charge in [0.05, 0.1) is 5.03 Å². The molecule has 4 rings (SSSR count). The highest BCUT2D eigenvalue weighted by Gasteiger charge is 2.30. The molecule has 0 amide bonds. The van der Waals surface area contributed by atoms with Crippen LogP contribution >= 0.6 is 11.8 Å². The minimum absolute atomic E-state index is 0.114. The number of rotatable bonds is 4. The number of carbonyl (C=O) groups is 1. The predicted molar refractivity (Wildman–Crippen MR) is 93.3 cm³/mol. The number of hydrogen-bond acceptors (Lipinski definition) is 4. The van der Waals surface area contributed by atoms with Crippen molar-refractivity contribution in [1.29, 1.82) is 0 Å². The van der Waals surface area contributed by atoms with Gasteiger partial charge in [-0.05, 0) is 26.0 Å². The van der Waals surface area contributed by atoms with Gasteiger partial charge in [-0.2, -0.15) is 0 Å². The highest BCUT2D eigenvalue weighted by molar-refractivity contribution is 8.02. The van der Waals surface area contributed by atoms with Crippen LogP contribution in [0.5, 0.6) is 0 Å². The Bertz CT molecular complexity index is 559. The SMILES string of the molecule is CSC(=CC(=O)c1ccc(C)cc1)N1CCN2CCC1CC2. The summed E-state index contributed by atoms with van der Waals surface area (Å²) in [5, 5.41) is 1.12. The molecule has 1 aromatic carbocycles. The van der Waals surface area contributed by atoms with E-state index in [0.717, 1.165) is 23.7 Å². The number of fused-ring (bicyclic) bond motifs is 4. The smallest absolute Gasteiger partial charge is 0.188 e. The van der Waals surface area contributed by atoms with E-state index in [9.17, 15) is 4.79 Å². The molecular formula is C18H24N2OS. The molecule has 0 atom stereocenters. The summed E-state index contributed by atoms with van der Waals surface area (Å²) in [6.45, 7) is 6.61. The maximum absolute atomic E-state index is 12.5. The van der Waals surface area contributed by atoms with Gasteiger partial charge in [0.25, 0.3) is 0 Å². The van der Waals surface area contributed by atoms with Crippen LogP contribution in [0.25, 0.3) is 0 Å². The second-order valence-corrected chi connectivity index (χ2v) is 7.01. The number of aryl methyl sites for hydroxylation is 1. The van der Waals surface area contributed by atoms with E-state index >= 15 is 0 Å². The summed E-state index contributed by atoms with van der Waals surface area (Å²) in [5.41, 5.74) is 1.96. The summed E-state index contributed by atoms with van der Waals surface area (Å²) in [7, 11) is 0. The molecule has 0 spiro atoms. The molecule has 22 heavy (non-hydrogen) atoms. The molecule has 3 nitrogen and oxygen atoms in total. The third kappa shape index (κ3) is 3.39. The Morgan fingerprint density at radius 3 is 2.45 bits per heavy atom. The Hall–Kier alpha value is -1.26. The molecule has 2 bridgehead atoms. The van der Waals surface area contributed by atoms with E-state index in [2.05, 4.69) is 16.1 Å². The van der Waals surface area contributed by atoms with Gasteiger partial charge in [0.1, 0.15) is 0 Å². The van der Waals surface area contributed by atoms with E-state index in [0.29, 0.717) is 6.04 Å². The summed E-state index contributed by atoms with van der Waals surface area (Å²) in [6.07, 6.45) is 6.35. The predicted octanol–water partition coefficient (Wildman–Crippen LogP) is 3.16. The van der Waals surface area contributed by atoms with Gasteiger partial charge in [-0.25, -0.2) is 0 Å². The summed E-state index contributed by atoms with van der Waals surface area (Å²) < 4.78 is 0. The van der Waals surface area contributed by atoms with Crippen LogP contribution in [0.2, 0.25) is 0 Å². The quantitative estimate of drug-likeness (QED) is 0.629. The molecule has 0 N–H and O–H groups in total. The number of piperidine rings is 1. The lowest BCUT2D eigenvalue weighted by Gasteiger charge is -2.33. The zero-order chi connectivity index (χ0) is 15.5. The Kier molecular flexibility index (Phi) is 4.89. The maximum Gasteiger partial charge on any atom is 0.188 e. The van der Waals surface area contributed by atoms with Crippen LogP contribution < -0.4 is 0 Å². The van der Waals surface area contributed by atoms with E-state index in [1.165, 1.54) is 31.5 Å². The van der Waals surface area contributed by atoms with Crippen LogP contribution in [-0.4, -0.2) is 54.1 Å². The standard InChI is InChI=1S/C18H24N2OS/c1-14-3-5-15(6-4-14)17(21)13-18(22-2)20-12-11-19-9-7-16(20)8-10-19/h3-6,13,16H,7-12H2,1-2H3. The molecule has 3 saturated heterocycles. The minimum Gasteiger partial charge on any atom is -0.362 e. The van der Waals surface area contributed by atoms with Crippen molar-refractivity contribution >= 4 is 17.5 Å². The average molecular weight is 316 g/mol. The highest BCUT2D eigenvalue weighted by Crippen LogP contribution is 2.29. The van der Waals surface area contributed by atoms with Crippen LogP contribution in [0.1, 0.15) is 28.8 Å². The molecule has 3 aliphatic rings. The number of carbonyl (C=O) groups excluding carboxylic acids is 1. The first-order chi connectivity index (χ1) is 10.7. The lowest BCUT2D eigenvalue weighted by molar-refractivity contribution is 0.104. The fourth-order valence-electron chi connectivity index (χ4n) is 3.35. The van der Waals surface area contributed by atoms with E-state index in [1.54, 1.807) is 11.8 Å². The van der Waals surface area contributed by atoms with Crippen molar-refractivity contribution in [2.45, 2.75) is 25.8 Å². The fraction of sp³-hybridized carbons (Fsp3) is 0.500. The molecule has 118 valence electrons. The van der Waals surface area contributed by atoms with Gasteiger partial charge in [-0.1, -0.05) is 29.8 Å². The fourth-order valence-corrected chi connectivity index (χ4v) is 4.05. The monoisotopic (exact) mass is 316 g/mol. The van der Waals surface area contributed by atoms with Crippen molar-refractivity contribution in [2.75, 3.05) is 32.4 Å². The van der Waals surface area contributed by atoms with Crippen molar-refractivity contribution < 1.29 is 4.79 Å². The maximum atomic E-state index is 12.5. The van der Waals surface area contributed by atoms with E-state index in [-0.39, 0.29) is 5.78 Å². The van der Waals surface area contributed by atoms with Gasteiger partial charge >= 0.3 is 0 Å². The number of nitrogens with zero attached hydrogens (tertiary/aromatic N) is 2. The molecule has 0 radical (unpaired) electrons. The van der Waals surface area contributed by atoms with Crippen molar-refractivity contribution in [3.05, 3.63) is 46.5 Å². The number of ketones is 1. The molecule has 3 aliphatic heterocycles. The third-order valence-corrected chi connectivity index (χ3v) is 5.51. The van der Waals surface area contributed by atoms with E-state index < -0.39 is 0 Å². The van der Waals surface area contributed by atoms with E-state index in [4.69, 9.17) is 0 Å². The van der Waals surface area contributed by atoms with Crippen LogP contribution in [0, 0.1) is 6.92 Å². The number of thioether (sulfide) groups is 1. The first kappa shape index (κ1) is 15.6. The molecule has 0 aliphatic carbocycles. The summed E-state index contributed by atoms with van der Waals surface area (Å²) in [5.74, 6) is 0.114. The molecule has 0 unspecified atom stereocenters. The molecule has 0 saturated carbocycles. The first-order valence-electron chi connectivity index (χ1n) is 8.03. The van der Waals surface area contributed by atoms with Gasteiger partial charge in [0.15, 0.2) is 5.78 Å². The van der Waals surface area contributed by atoms with Gasteiger partial charge in [-0.15, -0.1) is 11.8 Å². The highest BCUT2D eigenvalue weighted by atomic mass is 32.2. The summed E-state index contributed by atoms with van der Waals surface area (Å²) in [6, 6.07) is 8.45. The Morgan fingerprint density at radius 2 is 1.82 bits per heavy atom. The topological polar surface area (TPSA) is 23.6 Å². The average Bonchev–Trinajstić information content (AvgIpc) is 2.87. The van der Waals surface area contributed by atoms with Crippen LogP contribution in [-0.2, 0) is 0 Å². The number of benzene rings is 1. The molecule has 4 heteroatoms. The second-order valence-electron chi connectivity index (χ2n) is 6.18. The zero-order valence-corrected chi connectivity index (χ0v) is 14.2. The molecule has 0 aromatic heterocycles. The summed E-state index contributed by atoms with van der Waals surface area (Å²) >= 11 is 1.70. The molecule has 3 heterocycles. The van der Waals surface area contributed by atoms with Gasteiger partial charge in [0, 0.05) is 43.9 Å². The molecule has 1 aromatic rings. The van der Waals surface area contributed by atoms with Crippen molar-refractivity contribution in [3.8, 4) is 0 Å². The second kappa shape index (κ2) is 6.88. The Balaban J connectivity index is 1.80. The molecule has 3 fully saturated rings. The van der Waals surface area contributed by atoms with E-state index in [1.807, 2.05) is 37.3 Å². The van der Waals surface area contributed by atoms with Crippen LogP contribution in [0.4, 0.5) is 0 Å². The number of hydrogen-bond donors (Lipinski definition) is 0. The largest absolute Gasteiger partial charge is 0.362 e. The van der Waals surface area contributed by atoms with Crippen molar-refractivity contribution in [1.82, 2.24) is 9.80 Å². The Labute approximate surface area is 137 Å². The normalized spacial score (nSPS) is 25.2. The Morgan fingerprint density at radius 1 is 1.14 bits per heavy atom. The van der Waals surface area contributed by atoms with Crippen LogP contribution in [0.15, 0.2) is 35.4 Å². The van der Waals surface area contributed by atoms with Gasteiger partial charge in [-0.3, -0.25) is 4.79 Å². The summed E-state index contributed by atoms with van der Waals surface area (Å²) in [4.78, 5) is 17.5. The van der Waals surface area contributed by atoms with Crippen molar-refractivity contribution in [2.24, 2.45) is 0 Å². The third-order valence-electron chi connectivity index (χ3n) is 4.74. The lowest BCUT2D eigenvalue weighted by Crippen LogP contribution is -2.37. The minimum atomic E-state index is 0.114. The van der Waals surface area contributed by atoms with Gasteiger partial charge in [0.2, 0.25) is 0 Å². The number of allylic oxidation sites excluding steroid dienone is 1. The van der Waals surface area contributed by atoms with Gasteiger partial charge < -0.3 is 9.80 Å².